The zero-order valence-electron chi connectivity index (χ0n) is 12.2. The fourth-order valence-electron chi connectivity index (χ4n) is 1.81. The summed E-state index contributed by atoms with van der Waals surface area (Å²) in [5.74, 6) is -5.60. The summed E-state index contributed by atoms with van der Waals surface area (Å²) in [6.45, 7) is 0. The van der Waals surface area contributed by atoms with E-state index in [1.165, 1.54) is 0 Å². The van der Waals surface area contributed by atoms with Crippen LogP contribution in [0.4, 0.5) is 83.4 Å². The molecule has 0 unspecified atom stereocenters. The van der Waals surface area contributed by atoms with Crippen LogP contribution < -0.4 is 0 Å². The van der Waals surface area contributed by atoms with Gasteiger partial charge in [-0.15, -0.1) is 0 Å². The van der Waals surface area contributed by atoms with Crippen molar-refractivity contribution in [3.63, 3.8) is 0 Å². The smallest absolute Gasteiger partial charge is 0.210 e. The lowest BCUT2D eigenvalue weighted by atomic mass is 9.77. The van der Waals surface area contributed by atoms with Crippen LogP contribution in [0, 0.1) is 16.9 Å². The number of rotatable bonds is 2. The summed E-state index contributed by atoms with van der Waals surface area (Å²) in [6.07, 6.45) is -50.3. The Morgan fingerprint density at radius 2 is 0.586 bits per heavy atom. The van der Waals surface area contributed by atoms with Crippen molar-refractivity contribution in [2.24, 2.45) is 10.8 Å². The minimum Gasteiger partial charge on any atom is -0.210 e. The van der Waals surface area contributed by atoms with Crippen LogP contribution in [0.1, 0.15) is 0 Å². The first kappa shape index (κ1) is 27.4. The average molecular weight is 481 g/mol. The molecule has 0 amide bonds. The predicted molar refractivity (Wildman–Crippen MR) is 49.1 cm³/mol. The Bertz CT molecular complexity index is 538. The topological polar surface area (TPSA) is 0 Å². The highest BCUT2D eigenvalue weighted by Gasteiger charge is 2.89. The molecule has 0 nitrogen and oxygen atoms in total. The van der Waals surface area contributed by atoms with Gasteiger partial charge in [0, 0.05) is 6.08 Å². The van der Waals surface area contributed by atoms with E-state index in [2.05, 4.69) is 0 Å². The minimum absolute atomic E-state index is 1.87. The minimum atomic E-state index is -8.18. The van der Waals surface area contributed by atoms with E-state index < -0.39 is 59.8 Å². The van der Waals surface area contributed by atoms with E-state index in [9.17, 15) is 83.4 Å². The summed E-state index contributed by atoms with van der Waals surface area (Å²) < 4.78 is 238. The summed E-state index contributed by atoms with van der Waals surface area (Å²) in [5.41, 5.74) is -16.1. The molecule has 0 N–H and O–H groups in total. The van der Waals surface area contributed by atoms with Gasteiger partial charge in [0.05, 0.1) is 0 Å². The molecule has 0 aliphatic carbocycles. The Hall–Kier alpha value is -1.59. The lowest BCUT2D eigenvalue weighted by molar-refractivity contribution is -0.425. The molecule has 0 saturated carbocycles. The molecule has 0 spiro atoms. The number of hydrogen-bond donors (Lipinski definition) is 0. The van der Waals surface area contributed by atoms with E-state index in [4.69, 9.17) is 0 Å². The molecule has 173 valence electrons. The van der Waals surface area contributed by atoms with Crippen LogP contribution in [0.3, 0.4) is 0 Å². The van der Waals surface area contributed by atoms with Gasteiger partial charge < -0.3 is 0 Å². The molecule has 0 aliphatic heterocycles. The van der Waals surface area contributed by atoms with Gasteiger partial charge >= 0.3 is 42.5 Å². The van der Waals surface area contributed by atoms with Crippen LogP contribution >= 0.6 is 0 Å². The maximum absolute atomic E-state index is 13.4. The SMILES string of the molecule is FC(=[C]C(C(F)(F)F)(C(F)(F)F)C(F)(F)F)C(C(F)(F)F)(C(F)(F)F)C(F)(F)F. The van der Waals surface area contributed by atoms with E-state index in [0.29, 0.717) is 0 Å². The number of allylic oxidation sites excluding steroid dienone is 2. The third-order valence-electron chi connectivity index (χ3n) is 3.18. The predicted octanol–water partition coefficient (Wildman–Crippen LogP) is 6.99. The maximum Gasteiger partial charge on any atom is 0.418 e. The van der Waals surface area contributed by atoms with Crippen molar-refractivity contribution < 1.29 is 83.4 Å². The fraction of sp³-hybridized carbons (Fsp3) is 0.800. The molecule has 0 aliphatic rings. The first-order valence-corrected chi connectivity index (χ1v) is 5.84. The Morgan fingerprint density at radius 3 is 0.724 bits per heavy atom. The molecular weight excluding hydrogens is 481 g/mol. The van der Waals surface area contributed by atoms with Gasteiger partial charge in [-0.2, -0.15) is 79.0 Å². The molecule has 19 heteroatoms. The molecule has 0 aromatic rings. The molecule has 0 rings (SSSR count). The van der Waals surface area contributed by atoms with E-state index in [-0.39, 0.29) is 0 Å². The Kier molecular flexibility index (Phi) is 6.34. The van der Waals surface area contributed by atoms with Gasteiger partial charge in [0.2, 0.25) is 0 Å². The fourth-order valence-corrected chi connectivity index (χ4v) is 1.81. The Labute approximate surface area is 144 Å². The van der Waals surface area contributed by atoms with Crippen LogP contribution in [-0.4, -0.2) is 37.1 Å². The van der Waals surface area contributed by atoms with E-state index in [1.54, 1.807) is 0 Å². The molecular formula is C10F19. The molecule has 0 fully saturated rings. The van der Waals surface area contributed by atoms with Gasteiger partial charge in [-0.05, 0) is 0 Å². The lowest BCUT2D eigenvalue weighted by Crippen LogP contribution is -2.62. The third kappa shape index (κ3) is 3.91. The number of hydrogen-bond acceptors (Lipinski definition) is 0. The zero-order chi connectivity index (χ0) is 24.3. The quantitative estimate of drug-likeness (QED) is 0.373. The Balaban J connectivity index is 7.75. The molecule has 29 heavy (non-hydrogen) atoms. The summed E-state index contributed by atoms with van der Waals surface area (Å²) in [7, 11) is 0. The van der Waals surface area contributed by atoms with Crippen molar-refractivity contribution in [3.8, 4) is 0 Å². The number of halogens is 19. The first-order valence-electron chi connectivity index (χ1n) is 5.84. The van der Waals surface area contributed by atoms with Gasteiger partial charge in [-0.25, -0.2) is 4.39 Å². The second-order valence-corrected chi connectivity index (χ2v) is 4.93. The zero-order valence-corrected chi connectivity index (χ0v) is 12.2. The van der Waals surface area contributed by atoms with Gasteiger partial charge in [-0.1, -0.05) is 0 Å². The average Bonchev–Trinajstić information content (AvgIpc) is 2.25. The largest absolute Gasteiger partial charge is 0.418 e. The highest BCUT2D eigenvalue weighted by molar-refractivity contribution is 5.22. The molecule has 0 bridgehead atoms. The van der Waals surface area contributed by atoms with Crippen molar-refractivity contribution in [1.82, 2.24) is 0 Å². The van der Waals surface area contributed by atoms with Gasteiger partial charge in [-0.3, -0.25) is 0 Å². The van der Waals surface area contributed by atoms with Crippen LogP contribution in [0.5, 0.6) is 0 Å². The second-order valence-electron chi connectivity index (χ2n) is 4.93. The molecule has 0 heterocycles. The van der Waals surface area contributed by atoms with E-state index in [1.807, 2.05) is 0 Å². The van der Waals surface area contributed by atoms with Crippen molar-refractivity contribution >= 4 is 0 Å². The second kappa shape index (κ2) is 6.71. The highest BCUT2D eigenvalue weighted by Crippen LogP contribution is 2.66. The van der Waals surface area contributed by atoms with E-state index in [0.717, 1.165) is 0 Å². The maximum atomic E-state index is 13.4. The monoisotopic (exact) mass is 481 g/mol. The highest BCUT2D eigenvalue weighted by atomic mass is 19.4. The van der Waals surface area contributed by atoms with Crippen LogP contribution in [0.15, 0.2) is 5.83 Å². The van der Waals surface area contributed by atoms with Crippen LogP contribution in [-0.2, 0) is 0 Å². The van der Waals surface area contributed by atoms with Crippen molar-refractivity contribution in [2.45, 2.75) is 37.1 Å². The molecule has 1 radical (unpaired) electrons. The van der Waals surface area contributed by atoms with Crippen LogP contribution in [0.25, 0.3) is 0 Å². The van der Waals surface area contributed by atoms with Gasteiger partial charge in [0.1, 0.15) is 5.83 Å². The number of alkyl halides is 18. The Morgan fingerprint density at radius 1 is 0.379 bits per heavy atom. The normalized spacial score (nSPS) is 17.0. The third-order valence-corrected chi connectivity index (χ3v) is 3.18. The summed E-state index contributed by atoms with van der Waals surface area (Å²) in [6, 6.07) is 0. The van der Waals surface area contributed by atoms with Crippen molar-refractivity contribution in [3.05, 3.63) is 11.9 Å². The molecule has 0 aromatic heterocycles. The summed E-state index contributed by atoms with van der Waals surface area (Å²) in [5, 5.41) is 0. The molecule has 0 atom stereocenters. The lowest BCUT2D eigenvalue weighted by Gasteiger charge is -2.40. The first-order chi connectivity index (χ1) is 12.1. The van der Waals surface area contributed by atoms with Crippen molar-refractivity contribution in [2.75, 3.05) is 0 Å². The van der Waals surface area contributed by atoms with Crippen LogP contribution in [0.2, 0.25) is 0 Å². The summed E-state index contributed by atoms with van der Waals surface area (Å²) >= 11 is 0. The van der Waals surface area contributed by atoms with Crippen molar-refractivity contribution in [1.29, 1.82) is 0 Å². The van der Waals surface area contributed by atoms with E-state index >= 15 is 0 Å². The molecule has 0 aromatic carbocycles. The standard InChI is InChI=1S/C10F19/c11-2(4(8(21,22)23,9(24,25)26)10(27,28)29)1-3(5(12,13)14,6(15,16)17)7(18,19)20. The molecule has 0 saturated heterocycles. The van der Waals surface area contributed by atoms with Gasteiger partial charge in [0.15, 0.2) is 0 Å². The van der Waals surface area contributed by atoms with Gasteiger partial charge in [0.25, 0.3) is 5.41 Å². The summed E-state index contributed by atoms with van der Waals surface area (Å²) in [4.78, 5) is 0.